The Hall–Kier alpha value is -2.60. The molecule has 0 bridgehead atoms. The van der Waals surface area contributed by atoms with Crippen LogP contribution in [0, 0.1) is 6.92 Å². The molecule has 0 spiro atoms. The number of furan rings is 1. The summed E-state index contributed by atoms with van der Waals surface area (Å²) in [5, 5.41) is 6.81. The van der Waals surface area contributed by atoms with Gasteiger partial charge in [-0.1, -0.05) is 35.3 Å². The van der Waals surface area contributed by atoms with E-state index in [1.165, 1.54) is 6.08 Å². The Morgan fingerprint density at radius 1 is 1.07 bits per heavy atom. The summed E-state index contributed by atoms with van der Waals surface area (Å²) in [6, 6.07) is 16.4. The molecule has 0 saturated carbocycles. The lowest BCUT2D eigenvalue weighted by molar-refractivity contribution is -0.115. The third-order valence-electron chi connectivity index (χ3n) is 3.69. The van der Waals surface area contributed by atoms with Crippen LogP contribution in [0.15, 0.2) is 65.1 Å². The van der Waals surface area contributed by atoms with Gasteiger partial charge in [0.2, 0.25) is 5.91 Å². The maximum absolute atomic E-state index is 12.0. The monoisotopic (exact) mass is 430 g/mol. The van der Waals surface area contributed by atoms with Gasteiger partial charge in [-0.15, -0.1) is 0 Å². The number of amides is 1. The first kappa shape index (κ1) is 20.1. The summed E-state index contributed by atoms with van der Waals surface area (Å²) in [5.41, 5.74) is 2.66. The molecule has 2 aromatic carbocycles. The second-order valence-electron chi connectivity index (χ2n) is 6.01. The van der Waals surface area contributed by atoms with Crippen molar-refractivity contribution in [1.82, 2.24) is 5.32 Å². The minimum atomic E-state index is -0.367. The van der Waals surface area contributed by atoms with Crippen LogP contribution < -0.4 is 10.6 Å². The fourth-order valence-corrected chi connectivity index (χ4v) is 3.23. The average Bonchev–Trinajstić information content (AvgIpc) is 3.08. The van der Waals surface area contributed by atoms with E-state index >= 15 is 0 Å². The van der Waals surface area contributed by atoms with Crippen LogP contribution in [0.25, 0.3) is 17.4 Å². The first-order chi connectivity index (χ1) is 13.4. The molecule has 1 heterocycles. The van der Waals surface area contributed by atoms with Gasteiger partial charge in [0.25, 0.3) is 0 Å². The molecule has 28 heavy (non-hydrogen) atoms. The molecule has 0 radical (unpaired) electrons. The van der Waals surface area contributed by atoms with Crippen molar-refractivity contribution in [2.45, 2.75) is 6.92 Å². The van der Waals surface area contributed by atoms with Gasteiger partial charge in [0, 0.05) is 27.4 Å². The van der Waals surface area contributed by atoms with Crippen molar-refractivity contribution < 1.29 is 9.21 Å². The minimum Gasteiger partial charge on any atom is -0.457 e. The van der Waals surface area contributed by atoms with Crippen molar-refractivity contribution in [3.63, 3.8) is 0 Å². The highest BCUT2D eigenvalue weighted by atomic mass is 35.5. The number of anilines is 1. The van der Waals surface area contributed by atoms with Crippen molar-refractivity contribution in [3.8, 4) is 11.3 Å². The summed E-state index contributed by atoms with van der Waals surface area (Å²) >= 11 is 17.2. The Kier molecular flexibility index (Phi) is 6.52. The quantitative estimate of drug-likeness (QED) is 0.388. The predicted octanol–water partition coefficient (Wildman–Crippen LogP) is 6.09. The van der Waals surface area contributed by atoms with Crippen LogP contribution >= 0.6 is 35.4 Å². The van der Waals surface area contributed by atoms with Gasteiger partial charge in [-0.05, 0) is 73.2 Å². The maximum Gasteiger partial charge on any atom is 0.250 e. The Labute approximate surface area is 178 Å². The van der Waals surface area contributed by atoms with E-state index in [1.807, 2.05) is 31.2 Å². The van der Waals surface area contributed by atoms with Gasteiger partial charge in [-0.3, -0.25) is 10.1 Å². The summed E-state index contributed by atoms with van der Waals surface area (Å²) in [7, 11) is 0. The molecule has 142 valence electrons. The van der Waals surface area contributed by atoms with Gasteiger partial charge in [0.05, 0.1) is 0 Å². The number of nitrogens with one attached hydrogen (secondary N) is 2. The Morgan fingerprint density at radius 2 is 1.82 bits per heavy atom. The van der Waals surface area contributed by atoms with Crippen LogP contribution in [0.4, 0.5) is 5.69 Å². The van der Waals surface area contributed by atoms with Crippen molar-refractivity contribution in [2.75, 3.05) is 5.32 Å². The number of carbonyl (C=O) groups excluding carboxylic acids is 1. The standard InChI is InChI=1S/C21H16Cl2N2O2S/c1-13-3-2-4-17(9-13)24-21(28)25-20(26)8-6-18-5-7-19(27-18)14-10-15(22)12-16(23)11-14/h2-12H,1H3,(H2,24,25,26,28)/b8-6+. The Balaban J connectivity index is 1.60. The number of carbonyl (C=O) groups is 1. The number of hydrogen-bond donors (Lipinski definition) is 2. The second-order valence-corrected chi connectivity index (χ2v) is 7.29. The van der Waals surface area contributed by atoms with Crippen molar-refractivity contribution >= 4 is 58.2 Å². The van der Waals surface area contributed by atoms with E-state index < -0.39 is 0 Å². The van der Waals surface area contributed by atoms with Gasteiger partial charge in [0.15, 0.2) is 5.11 Å². The average molecular weight is 431 g/mol. The molecule has 0 aliphatic carbocycles. The molecule has 0 aliphatic heterocycles. The molecular formula is C21H16Cl2N2O2S. The van der Waals surface area contributed by atoms with Gasteiger partial charge >= 0.3 is 0 Å². The van der Waals surface area contributed by atoms with E-state index in [9.17, 15) is 4.79 Å². The lowest BCUT2D eigenvalue weighted by atomic mass is 10.2. The van der Waals surface area contributed by atoms with Crippen LogP contribution in [-0.4, -0.2) is 11.0 Å². The Bertz CT molecular complexity index is 1040. The molecule has 0 atom stereocenters. The molecule has 3 rings (SSSR count). The van der Waals surface area contributed by atoms with Crippen LogP contribution in [0.1, 0.15) is 11.3 Å². The van der Waals surface area contributed by atoms with E-state index in [-0.39, 0.29) is 11.0 Å². The van der Waals surface area contributed by atoms with Crippen molar-refractivity contribution in [3.05, 3.63) is 82.0 Å². The highest BCUT2D eigenvalue weighted by Crippen LogP contribution is 2.28. The fraction of sp³-hybridized carbons (Fsp3) is 0.0476. The van der Waals surface area contributed by atoms with Gasteiger partial charge in [0.1, 0.15) is 11.5 Å². The number of benzene rings is 2. The van der Waals surface area contributed by atoms with Crippen LogP contribution in [0.5, 0.6) is 0 Å². The highest BCUT2D eigenvalue weighted by molar-refractivity contribution is 7.80. The number of hydrogen-bond acceptors (Lipinski definition) is 3. The van der Waals surface area contributed by atoms with Crippen LogP contribution in [-0.2, 0) is 4.79 Å². The molecule has 2 N–H and O–H groups in total. The SMILES string of the molecule is Cc1cccc(NC(=S)NC(=O)/C=C/c2ccc(-c3cc(Cl)cc(Cl)c3)o2)c1. The molecule has 0 fully saturated rings. The smallest absolute Gasteiger partial charge is 0.250 e. The largest absolute Gasteiger partial charge is 0.457 e. The molecule has 3 aromatic rings. The van der Waals surface area contributed by atoms with E-state index in [0.29, 0.717) is 21.6 Å². The van der Waals surface area contributed by atoms with Gasteiger partial charge in [-0.25, -0.2) is 0 Å². The van der Waals surface area contributed by atoms with Gasteiger partial charge < -0.3 is 9.73 Å². The van der Waals surface area contributed by atoms with Crippen molar-refractivity contribution in [1.29, 1.82) is 0 Å². The number of aryl methyl sites for hydroxylation is 1. The zero-order valence-corrected chi connectivity index (χ0v) is 17.2. The van der Waals surface area contributed by atoms with Gasteiger partial charge in [-0.2, -0.15) is 0 Å². The van der Waals surface area contributed by atoms with Crippen LogP contribution in [0.2, 0.25) is 10.0 Å². The minimum absolute atomic E-state index is 0.217. The number of rotatable bonds is 4. The first-order valence-electron chi connectivity index (χ1n) is 8.32. The molecule has 0 unspecified atom stereocenters. The van der Waals surface area contributed by atoms with E-state index in [1.54, 1.807) is 36.4 Å². The summed E-state index contributed by atoms with van der Waals surface area (Å²) in [4.78, 5) is 12.0. The summed E-state index contributed by atoms with van der Waals surface area (Å²) in [6.07, 6.45) is 2.90. The lowest BCUT2D eigenvalue weighted by Crippen LogP contribution is -2.32. The van der Waals surface area contributed by atoms with E-state index in [4.69, 9.17) is 39.8 Å². The second kappa shape index (κ2) is 9.06. The topological polar surface area (TPSA) is 54.3 Å². The maximum atomic E-state index is 12.0. The molecule has 4 nitrogen and oxygen atoms in total. The summed E-state index contributed by atoms with van der Waals surface area (Å²) in [5.74, 6) is 0.744. The highest BCUT2D eigenvalue weighted by Gasteiger charge is 2.07. The van der Waals surface area contributed by atoms with Crippen molar-refractivity contribution in [2.24, 2.45) is 0 Å². The number of halogens is 2. The molecular weight excluding hydrogens is 415 g/mol. The number of thiocarbonyl (C=S) groups is 1. The molecule has 0 aliphatic rings. The zero-order valence-electron chi connectivity index (χ0n) is 14.8. The van der Waals surface area contributed by atoms with E-state index in [2.05, 4.69) is 10.6 Å². The summed E-state index contributed by atoms with van der Waals surface area (Å²) in [6.45, 7) is 1.98. The van der Waals surface area contributed by atoms with Crippen LogP contribution in [0.3, 0.4) is 0 Å². The lowest BCUT2D eigenvalue weighted by Gasteiger charge is -2.08. The Morgan fingerprint density at radius 3 is 2.54 bits per heavy atom. The first-order valence-corrected chi connectivity index (χ1v) is 9.48. The molecule has 1 aromatic heterocycles. The van der Waals surface area contributed by atoms with E-state index in [0.717, 1.165) is 16.8 Å². The predicted molar refractivity (Wildman–Crippen MR) is 119 cm³/mol. The normalized spacial score (nSPS) is 10.8. The molecule has 1 amide bonds. The third-order valence-corrected chi connectivity index (χ3v) is 4.33. The fourth-order valence-electron chi connectivity index (χ4n) is 2.49. The zero-order chi connectivity index (χ0) is 20.1. The molecule has 0 saturated heterocycles. The molecule has 7 heteroatoms. The third kappa shape index (κ3) is 5.70. The summed E-state index contributed by atoms with van der Waals surface area (Å²) < 4.78 is 5.71.